The second-order valence-electron chi connectivity index (χ2n) is 9.03. The third kappa shape index (κ3) is 5.84. The third-order valence-corrected chi connectivity index (χ3v) is 6.62. The smallest absolute Gasteiger partial charge is 0.259 e. The van der Waals surface area contributed by atoms with Crippen LogP contribution in [0.2, 0.25) is 0 Å². The number of piperidine rings is 1. The van der Waals surface area contributed by atoms with Crippen LogP contribution < -0.4 is 10.2 Å². The van der Waals surface area contributed by atoms with Crippen LogP contribution >= 0.6 is 0 Å². The van der Waals surface area contributed by atoms with Crippen LogP contribution in [-0.2, 0) is 17.9 Å². The Morgan fingerprint density at radius 1 is 0.970 bits per heavy atom. The summed E-state index contributed by atoms with van der Waals surface area (Å²) in [5, 5.41) is 0. The largest absolute Gasteiger partial charge is 0.487 e. The average molecular weight is 454 g/mol. The molecule has 7 heteroatoms. The van der Waals surface area contributed by atoms with Gasteiger partial charge in [-0.25, -0.2) is 0 Å². The zero-order valence-electron chi connectivity index (χ0n) is 19.8. The summed E-state index contributed by atoms with van der Waals surface area (Å²) in [5.74, 6) is 0.563. The maximum atomic E-state index is 13.5. The van der Waals surface area contributed by atoms with Crippen molar-refractivity contribution in [1.29, 1.82) is 0 Å². The van der Waals surface area contributed by atoms with Gasteiger partial charge >= 0.3 is 0 Å². The van der Waals surface area contributed by atoms with Crippen molar-refractivity contribution in [2.75, 3.05) is 45.9 Å². The zero-order valence-corrected chi connectivity index (χ0v) is 19.8. The van der Waals surface area contributed by atoms with Gasteiger partial charge in [0.2, 0.25) is 0 Å². The number of hydrogen-bond acceptors (Lipinski definition) is 5. The van der Waals surface area contributed by atoms with E-state index in [1.165, 1.54) is 0 Å². The SMILES string of the molecule is Cc1ccc(OCc2c(C(=O)N3CCCCC3)c(=O)cc(C)n2CCN2CCOCC2)cc1. The Hall–Kier alpha value is -2.64. The first-order valence-corrected chi connectivity index (χ1v) is 12.0. The minimum Gasteiger partial charge on any atom is -0.487 e. The molecular weight excluding hydrogens is 418 g/mol. The summed E-state index contributed by atoms with van der Waals surface area (Å²) in [5.41, 5.74) is 2.72. The lowest BCUT2D eigenvalue weighted by Gasteiger charge is -2.30. The average Bonchev–Trinajstić information content (AvgIpc) is 2.84. The van der Waals surface area contributed by atoms with Crippen LogP contribution in [0, 0.1) is 13.8 Å². The molecule has 0 bridgehead atoms. The Balaban J connectivity index is 1.65. The van der Waals surface area contributed by atoms with Crippen molar-refractivity contribution in [3.63, 3.8) is 0 Å². The van der Waals surface area contributed by atoms with Crippen LogP contribution in [0.4, 0.5) is 0 Å². The van der Waals surface area contributed by atoms with Crippen molar-refractivity contribution in [2.24, 2.45) is 0 Å². The number of morpholine rings is 1. The molecule has 0 radical (unpaired) electrons. The number of likely N-dealkylation sites (tertiary alicyclic amines) is 1. The molecule has 3 heterocycles. The fourth-order valence-electron chi connectivity index (χ4n) is 4.63. The Bertz CT molecular complexity index is 1000. The predicted molar refractivity (Wildman–Crippen MR) is 128 cm³/mol. The molecule has 0 N–H and O–H groups in total. The first-order chi connectivity index (χ1) is 16.0. The van der Waals surface area contributed by atoms with Gasteiger partial charge in [-0.2, -0.15) is 0 Å². The monoisotopic (exact) mass is 453 g/mol. The number of carbonyl (C=O) groups excluding carboxylic acids is 1. The van der Waals surface area contributed by atoms with Crippen molar-refractivity contribution >= 4 is 5.91 Å². The molecule has 2 saturated heterocycles. The summed E-state index contributed by atoms with van der Waals surface area (Å²) in [4.78, 5) is 30.8. The highest BCUT2D eigenvalue weighted by Crippen LogP contribution is 2.19. The van der Waals surface area contributed by atoms with Gasteiger partial charge in [0, 0.05) is 51.0 Å². The maximum absolute atomic E-state index is 13.5. The number of rotatable bonds is 7. The number of aromatic nitrogens is 1. The lowest BCUT2D eigenvalue weighted by Crippen LogP contribution is -2.41. The topological polar surface area (TPSA) is 64.0 Å². The van der Waals surface area contributed by atoms with Crippen molar-refractivity contribution in [3.8, 4) is 5.75 Å². The Labute approximate surface area is 195 Å². The van der Waals surface area contributed by atoms with E-state index in [1.807, 2.05) is 43.0 Å². The van der Waals surface area contributed by atoms with Crippen LogP contribution in [0.1, 0.15) is 46.6 Å². The minimum absolute atomic E-state index is 0.165. The molecule has 2 aromatic rings. The van der Waals surface area contributed by atoms with E-state index in [1.54, 1.807) is 6.07 Å². The second-order valence-corrected chi connectivity index (χ2v) is 9.03. The highest BCUT2D eigenvalue weighted by Gasteiger charge is 2.26. The van der Waals surface area contributed by atoms with Crippen LogP contribution in [0.15, 0.2) is 35.1 Å². The molecule has 33 heavy (non-hydrogen) atoms. The highest BCUT2D eigenvalue weighted by atomic mass is 16.5. The molecule has 7 nitrogen and oxygen atoms in total. The molecule has 0 saturated carbocycles. The van der Waals surface area contributed by atoms with Gasteiger partial charge in [0.15, 0.2) is 5.43 Å². The van der Waals surface area contributed by atoms with Crippen LogP contribution in [0.25, 0.3) is 0 Å². The van der Waals surface area contributed by atoms with E-state index in [0.29, 0.717) is 25.3 Å². The zero-order chi connectivity index (χ0) is 23.2. The molecule has 0 atom stereocenters. The van der Waals surface area contributed by atoms with Gasteiger partial charge in [0.1, 0.15) is 17.9 Å². The van der Waals surface area contributed by atoms with E-state index in [4.69, 9.17) is 9.47 Å². The van der Waals surface area contributed by atoms with E-state index in [0.717, 1.165) is 69.1 Å². The molecule has 0 spiro atoms. The second kappa shape index (κ2) is 11.0. The molecule has 1 amide bonds. The first kappa shape index (κ1) is 23.5. The van der Waals surface area contributed by atoms with E-state index in [2.05, 4.69) is 9.47 Å². The fourth-order valence-corrected chi connectivity index (χ4v) is 4.63. The Kier molecular flexibility index (Phi) is 7.83. The molecule has 0 aliphatic carbocycles. The molecule has 4 rings (SSSR count). The quantitative estimate of drug-likeness (QED) is 0.645. The molecule has 2 aliphatic rings. The van der Waals surface area contributed by atoms with Crippen molar-refractivity contribution in [3.05, 3.63) is 63.1 Å². The lowest BCUT2D eigenvalue weighted by molar-refractivity contribution is 0.0361. The van der Waals surface area contributed by atoms with Crippen LogP contribution in [-0.4, -0.2) is 66.2 Å². The molecular formula is C26H35N3O4. The van der Waals surface area contributed by atoms with Gasteiger partial charge in [-0.05, 0) is 45.2 Å². The maximum Gasteiger partial charge on any atom is 0.259 e. The number of ether oxygens (including phenoxy) is 2. The fraction of sp³-hybridized carbons (Fsp3) is 0.538. The van der Waals surface area contributed by atoms with Crippen molar-refractivity contribution in [1.82, 2.24) is 14.4 Å². The number of carbonyl (C=O) groups is 1. The number of hydrogen-bond donors (Lipinski definition) is 0. The van der Waals surface area contributed by atoms with E-state index >= 15 is 0 Å². The van der Waals surface area contributed by atoms with Gasteiger partial charge in [0.05, 0.1) is 18.9 Å². The summed E-state index contributed by atoms with van der Waals surface area (Å²) < 4.78 is 13.7. The molecule has 1 aromatic heterocycles. The molecule has 2 fully saturated rings. The molecule has 178 valence electrons. The predicted octanol–water partition coefficient (Wildman–Crippen LogP) is 3.00. The normalized spacial score (nSPS) is 17.2. The van der Waals surface area contributed by atoms with Gasteiger partial charge in [0.25, 0.3) is 5.91 Å². The van der Waals surface area contributed by atoms with E-state index < -0.39 is 0 Å². The summed E-state index contributed by atoms with van der Waals surface area (Å²) >= 11 is 0. The van der Waals surface area contributed by atoms with E-state index in [-0.39, 0.29) is 23.5 Å². The van der Waals surface area contributed by atoms with E-state index in [9.17, 15) is 9.59 Å². The number of benzene rings is 1. The van der Waals surface area contributed by atoms with Crippen molar-refractivity contribution in [2.45, 2.75) is 46.3 Å². The summed E-state index contributed by atoms with van der Waals surface area (Å²) in [6.07, 6.45) is 3.10. The van der Waals surface area contributed by atoms with Gasteiger partial charge in [-0.15, -0.1) is 0 Å². The molecule has 2 aliphatic heterocycles. The number of amides is 1. The van der Waals surface area contributed by atoms with Crippen LogP contribution in [0.3, 0.4) is 0 Å². The third-order valence-electron chi connectivity index (χ3n) is 6.62. The minimum atomic E-state index is -0.215. The van der Waals surface area contributed by atoms with Gasteiger partial charge in [-0.3, -0.25) is 14.5 Å². The van der Waals surface area contributed by atoms with Gasteiger partial charge in [-0.1, -0.05) is 17.7 Å². The lowest BCUT2D eigenvalue weighted by atomic mass is 10.1. The summed E-state index contributed by atoms with van der Waals surface area (Å²) in [7, 11) is 0. The number of nitrogens with zero attached hydrogens (tertiary/aromatic N) is 3. The Morgan fingerprint density at radius 3 is 2.36 bits per heavy atom. The number of pyridine rings is 1. The molecule has 1 aromatic carbocycles. The standard InChI is InChI=1S/C26H35N3O4/c1-20-6-8-22(9-7-20)33-19-23-25(26(31)28-10-4-3-5-11-28)24(30)18-21(2)29(23)13-12-27-14-16-32-17-15-27/h6-9,18H,3-5,10-17,19H2,1-2H3. The number of aryl methyl sites for hydroxylation is 2. The van der Waals surface area contributed by atoms with Gasteiger partial charge < -0.3 is 18.9 Å². The molecule has 0 unspecified atom stereocenters. The Morgan fingerprint density at radius 2 is 1.67 bits per heavy atom. The summed E-state index contributed by atoms with van der Waals surface area (Å²) in [6.45, 7) is 10.4. The first-order valence-electron chi connectivity index (χ1n) is 12.0. The van der Waals surface area contributed by atoms with Crippen LogP contribution in [0.5, 0.6) is 5.75 Å². The van der Waals surface area contributed by atoms with Crippen molar-refractivity contribution < 1.29 is 14.3 Å². The summed E-state index contributed by atoms with van der Waals surface area (Å²) in [6, 6.07) is 9.44. The highest BCUT2D eigenvalue weighted by molar-refractivity contribution is 5.95.